The maximum atomic E-state index is 8.88. The average Bonchev–Trinajstić information content (AvgIpc) is 2.04. The number of hydrogen-bond acceptors (Lipinski definition) is 3. The molecule has 0 aromatic carbocycles. The highest BCUT2D eigenvalue weighted by Gasteiger charge is 2.33. The van der Waals surface area contributed by atoms with Crippen LogP contribution in [0.3, 0.4) is 0 Å². The fourth-order valence-electron chi connectivity index (χ4n) is 1.68. The molecule has 11 heavy (non-hydrogen) atoms. The standard InChI is InChI=1S/C7H12BNO2/c9-5-6-3-1-2-4-7(6)8(10)11/h6-7,10-11H,1-4H2. The molecule has 3 nitrogen and oxygen atoms in total. The van der Waals surface area contributed by atoms with Crippen LogP contribution in [0.5, 0.6) is 0 Å². The van der Waals surface area contributed by atoms with E-state index in [9.17, 15) is 0 Å². The van der Waals surface area contributed by atoms with E-state index in [1.165, 1.54) is 0 Å². The summed E-state index contributed by atoms with van der Waals surface area (Å²) in [5.41, 5.74) is 0. The van der Waals surface area contributed by atoms with Gasteiger partial charge in [0.25, 0.3) is 0 Å². The molecular weight excluding hydrogens is 141 g/mol. The molecule has 0 aromatic rings. The first-order valence-corrected chi connectivity index (χ1v) is 4.01. The van der Waals surface area contributed by atoms with Crippen molar-refractivity contribution in [2.45, 2.75) is 31.5 Å². The summed E-state index contributed by atoms with van der Waals surface area (Å²) in [4.78, 5) is 0. The summed E-state index contributed by atoms with van der Waals surface area (Å²) in [7, 11) is -1.31. The molecule has 1 rings (SSSR count). The molecule has 0 amide bonds. The zero-order chi connectivity index (χ0) is 8.27. The molecule has 0 saturated heterocycles. The van der Waals surface area contributed by atoms with Gasteiger partial charge >= 0.3 is 7.12 Å². The van der Waals surface area contributed by atoms with Crippen LogP contribution in [0.25, 0.3) is 0 Å². The van der Waals surface area contributed by atoms with Crippen molar-refractivity contribution in [1.82, 2.24) is 0 Å². The summed E-state index contributed by atoms with van der Waals surface area (Å²) in [5.74, 6) is -0.363. The Balaban J connectivity index is 2.53. The Morgan fingerprint density at radius 1 is 1.27 bits per heavy atom. The van der Waals surface area contributed by atoms with Crippen molar-refractivity contribution in [2.75, 3.05) is 0 Å². The first-order chi connectivity index (χ1) is 5.25. The van der Waals surface area contributed by atoms with Crippen molar-refractivity contribution in [3.63, 3.8) is 0 Å². The van der Waals surface area contributed by atoms with Gasteiger partial charge in [-0.25, -0.2) is 0 Å². The van der Waals surface area contributed by atoms with E-state index in [-0.39, 0.29) is 11.7 Å². The zero-order valence-electron chi connectivity index (χ0n) is 6.40. The fourth-order valence-corrected chi connectivity index (χ4v) is 1.68. The van der Waals surface area contributed by atoms with E-state index in [0.717, 1.165) is 25.7 Å². The summed E-state index contributed by atoms with van der Waals surface area (Å²) in [5, 5.41) is 26.4. The maximum absolute atomic E-state index is 8.88. The average molecular weight is 153 g/mol. The molecule has 2 unspecified atom stereocenters. The lowest BCUT2D eigenvalue weighted by Gasteiger charge is -2.25. The molecule has 2 N–H and O–H groups in total. The third-order valence-electron chi connectivity index (χ3n) is 2.37. The van der Waals surface area contributed by atoms with Gasteiger partial charge in [-0.1, -0.05) is 19.3 Å². The normalized spacial score (nSPS) is 31.0. The Bertz CT molecular complexity index is 166. The Labute approximate surface area is 66.8 Å². The Morgan fingerprint density at radius 2 is 1.91 bits per heavy atom. The van der Waals surface area contributed by atoms with Gasteiger partial charge in [0.05, 0.1) is 6.07 Å². The van der Waals surface area contributed by atoms with Gasteiger partial charge in [0.2, 0.25) is 0 Å². The second kappa shape index (κ2) is 3.75. The molecule has 2 atom stereocenters. The third-order valence-corrected chi connectivity index (χ3v) is 2.37. The third kappa shape index (κ3) is 1.95. The van der Waals surface area contributed by atoms with Gasteiger partial charge in [0, 0.05) is 11.7 Å². The van der Waals surface area contributed by atoms with E-state index in [4.69, 9.17) is 15.3 Å². The highest BCUT2D eigenvalue weighted by atomic mass is 16.4. The van der Waals surface area contributed by atoms with Crippen LogP contribution in [0.2, 0.25) is 5.82 Å². The second-order valence-corrected chi connectivity index (χ2v) is 3.10. The van der Waals surface area contributed by atoms with Gasteiger partial charge in [-0.05, 0) is 6.42 Å². The van der Waals surface area contributed by atoms with E-state index in [2.05, 4.69) is 6.07 Å². The Morgan fingerprint density at radius 3 is 2.36 bits per heavy atom. The summed E-state index contributed by atoms with van der Waals surface area (Å²) in [6.45, 7) is 0. The minimum Gasteiger partial charge on any atom is -0.427 e. The van der Waals surface area contributed by atoms with Gasteiger partial charge < -0.3 is 10.0 Å². The second-order valence-electron chi connectivity index (χ2n) is 3.10. The number of rotatable bonds is 1. The lowest BCUT2D eigenvalue weighted by Crippen LogP contribution is -2.28. The molecule has 1 aliphatic carbocycles. The van der Waals surface area contributed by atoms with Crippen LogP contribution < -0.4 is 0 Å². The van der Waals surface area contributed by atoms with Gasteiger partial charge in [0.1, 0.15) is 0 Å². The van der Waals surface area contributed by atoms with E-state index < -0.39 is 7.12 Å². The highest BCUT2D eigenvalue weighted by Crippen LogP contribution is 2.34. The van der Waals surface area contributed by atoms with Crippen LogP contribution >= 0.6 is 0 Å². The van der Waals surface area contributed by atoms with Gasteiger partial charge in [-0.2, -0.15) is 5.26 Å². The number of hydrogen-bond donors (Lipinski definition) is 2. The zero-order valence-corrected chi connectivity index (χ0v) is 6.40. The lowest BCUT2D eigenvalue weighted by atomic mass is 9.60. The van der Waals surface area contributed by atoms with Crippen LogP contribution in [-0.2, 0) is 0 Å². The molecule has 1 saturated carbocycles. The molecule has 0 spiro atoms. The molecule has 60 valence electrons. The van der Waals surface area contributed by atoms with Crippen LogP contribution in [0, 0.1) is 17.2 Å². The predicted molar refractivity (Wildman–Crippen MR) is 41.5 cm³/mol. The molecule has 1 fully saturated rings. The first kappa shape index (κ1) is 8.57. The Hall–Kier alpha value is -0.525. The minimum atomic E-state index is -1.31. The van der Waals surface area contributed by atoms with E-state index in [1.54, 1.807) is 0 Å². The number of nitriles is 1. The molecule has 0 radical (unpaired) electrons. The van der Waals surface area contributed by atoms with Crippen LogP contribution in [0.4, 0.5) is 0 Å². The minimum absolute atomic E-state index is 0.149. The van der Waals surface area contributed by atoms with Crippen LogP contribution in [0.15, 0.2) is 0 Å². The molecule has 0 bridgehead atoms. The van der Waals surface area contributed by atoms with Crippen LogP contribution in [0.1, 0.15) is 25.7 Å². The summed E-state index contributed by atoms with van der Waals surface area (Å²) >= 11 is 0. The molecule has 4 heteroatoms. The monoisotopic (exact) mass is 153 g/mol. The lowest BCUT2D eigenvalue weighted by molar-refractivity contribution is 0.322. The van der Waals surface area contributed by atoms with Crippen molar-refractivity contribution in [2.24, 2.45) is 5.92 Å². The molecular formula is C7H12BNO2. The van der Waals surface area contributed by atoms with Crippen molar-refractivity contribution in [3.8, 4) is 6.07 Å². The summed E-state index contributed by atoms with van der Waals surface area (Å²) < 4.78 is 0. The van der Waals surface area contributed by atoms with Crippen molar-refractivity contribution in [1.29, 1.82) is 5.26 Å². The van der Waals surface area contributed by atoms with Crippen molar-refractivity contribution in [3.05, 3.63) is 0 Å². The predicted octanol–water partition coefficient (Wildman–Crippen LogP) is 0.543. The largest absolute Gasteiger partial charge is 0.456 e. The van der Waals surface area contributed by atoms with Gasteiger partial charge in [-0.3, -0.25) is 0 Å². The van der Waals surface area contributed by atoms with Gasteiger partial charge in [-0.15, -0.1) is 0 Å². The SMILES string of the molecule is N#CC1CCCCC1B(O)O. The topological polar surface area (TPSA) is 64.2 Å². The Kier molecular flexibility index (Phi) is 2.92. The molecule has 0 aromatic heterocycles. The quantitative estimate of drug-likeness (QED) is 0.540. The fraction of sp³-hybridized carbons (Fsp3) is 0.857. The molecule has 1 aliphatic rings. The number of nitrogens with zero attached hydrogens (tertiary/aromatic N) is 1. The van der Waals surface area contributed by atoms with E-state index >= 15 is 0 Å². The maximum Gasteiger partial charge on any atom is 0.456 e. The molecule has 0 aliphatic heterocycles. The smallest absolute Gasteiger partial charge is 0.427 e. The first-order valence-electron chi connectivity index (χ1n) is 4.01. The van der Waals surface area contributed by atoms with Crippen LogP contribution in [-0.4, -0.2) is 17.2 Å². The summed E-state index contributed by atoms with van der Waals surface area (Å²) in [6.07, 6.45) is 3.65. The summed E-state index contributed by atoms with van der Waals surface area (Å²) in [6, 6.07) is 2.12. The molecule has 0 heterocycles. The van der Waals surface area contributed by atoms with Gasteiger partial charge in [0.15, 0.2) is 0 Å². The van der Waals surface area contributed by atoms with E-state index in [0.29, 0.717) is 0 Å². The van der Waals surface area contributed by atoms with Crippen molar-refractivity contribution >= 4 is 7.12 Å². The van der Waals surface area contributed by atoms with E-state index in [1.807, 2.05) is 0 Å². The highest BCUT2D eigenvalue weighted by molar-refractivity contribution is 6.43. The van der Waals surface area contributed by atoms with Crippen molar-refractivity contribution < 1.29 is 10.0 Å².